The van der Waals surface area contributed by atoms with Crippen molar-refractivity contribution in [3.8, 4) is 5.75 Å². The lowest BCUT2D eigenvalue weighted by Crippen LogP contribution is -2.43. The molecule has 0 unspecified atom stereocenters. The van der Waals surface area contributed by atoms with Gasteiger partial charge in [0.15, 0.2) is 16.4 Å². The van der Waals surface area contributed by atoms with E-state index in [-0.39, 0.29) is 46.4 Å². The van der Waals surface area contributed by atoms with Crippen LogP contribution in [0.3, 0.4) is 0 Å². The summed E-state index contributed by atoms with van der Waals surface area (Å²) in [6, 6.07) is 3.73. The van der Waals surface area contributed by atoms with E-state index >= 15 is 0 Å². The van der Waals surface area contributed by atoms with Crippen LogP contribution in [0, 0.1) is 0 Å². The lowest BCUT2D eigenvalue weighted by atomic mass is 10.2. The Morgan fingerprint density at radius 1 is 1.42 bits per heavy atom. The van der Waals surface area contributed by atoms with Crippen LogP contribution in [0.5, 0.6) is 5.75 Å². The fraction of sp³-hybridized carbons (Fsp3) is 0.467. The molecule has 1 fully saturated rings. The lowest BCUT2D eigenvalue weighted by Gasteiger charge is -2.26. The molecular weight excluding hydrogens is 358 g/mol. The molecule has 1 aromatic rings. The average molecular weight is 376 g/mol. The zero-order valence-electron chi connectivity index (χ0n) is 13.1. The first-order valence-corrected chi connectivity index (χ1v) is 9.59. The molecule has 1 amide bonds. The highest BCUT2D eigenvalue weighted by atomic mass is 35.5. The number of amides is 1. The lowest BCUT2D eigenvalue weighted by molar-refractivity contribution is -0.135. The van der Waals surface area contributed by atoms with Gasteiger partial charge in [-0.3, -0.25) is 4.79 Å². The van der Waals surface area contributed by atoms with E-state index in [4.69, 9.17) is 21.4 Å². The zero-order chi connectivity index (χ0) is 17.9. The van der Waals surface area contributed by atoms with Crippen LogP contribution in [0.1, 0.15) is 23.7 Å². The van der Waals surface area contributed by atoms with Crippen LogP contribution in [-0.4, -0.2) is 61.0 Å². The predicted octanol–water partition coefficient (Wildman–Crippen LogP) is 1.45. The van der Waals surface area contributed by atoms with Gasteiger partial charge in [-0.05, 0) is 31.5 Å². The highest BCUT2D eigenvalue weighted by Gasteiger charge is 2.34. The Morgan fingerprint density at radius 3 is 2.67 bits per heavy atom. The molecule has 1 heterocycles. The van der Waals surface area contributed by atoms with Gasteiger partial charge in [0, 0.05) is 17.6 Å². The number of halogens is 1. The van der Waals surface area contributed by atoms with E-state index in [2.05, 4.69) is 0 Å². The molecule has 2 rings (SSSR count). The number of benzene rings is 1. The van der Waals surface area contributed by atoms with Gasteiger partial charge in [-0.15, -0.1) is 0 Å². The number of ether oxygens (including phenoxy) is 1. The van der Waals surface area contributed by atoms with Gasteiger partial charge in [-0.25, -0.2) is 13.2 Å². The quantitative estimate of drug-likeness (QED) is 0.807. The average Bonchev–Trinajstić information content (AvgIpc) is 2.86. The standard InChI is InChI=1S/C15H18ClNO6S/c1-2-17(11-5-6-24(21,22)9-11)14(18)8-23-13-4-3-10(16)7-12(13)15(19)20/h3-4,7,11H,2,5-6,8-9H2,1H3,(H,19,20)/t11-/m0/s1. The van der Waals surface area contributed by atoms with E-state index in [0.29, 0.717) is 13.0 Å². The topological polar surface area (TPSA) is 101 Å². The molecule has 1 aliphatic rings. The molecule has 1 atom stereocenters. The molecule has 0 aliphatic carbocycles. The van der Waals surface area contributed by atoms with Crippen molar-refractivity contribution >= 4 is 33.3 Å². The maximum absolute atomic E-state index is 12.3. The summed E-state index contributed by atoms with van der Waals surface area (Å²) in [4.78, 5) is 25.0. The molecule has 24 heavy (non-hydrogen) atoms. The number of carboxylic acid groups (broad SMARTS) is 1. The number of hydrogen-bond acceptors (Lipinski definition) is 5. The van der Waals surface area contributed by atoms with Crippen molar-refractivity contribution in [3.05, 3.63) is 28.8 Å². The summed E-state index contributed by atoms with van der Waals surface area (Å²) < 4.78 is 28.5. The maximum atomic E-state index is 12.3. The van der Waals surface area contributed by atoms with Gasteiger partial charge in [0.1, 0.15) is 11.3 Å². The number of carbonyl (C=O) groups is 2. The molecule has 0 radical (unpaired) electrons. The third kappa shape index (κ3) is 4.39. The molecule has 9 heteroatoms. The van der Waals surface area contributed by atoms with E-state index in [1.807, 2.05) is 0 Å². The minimum absolute atomic E-state index is 0.0374. The van der Waals surface area contributed by atoms with Crippen molar-refractivity contribution < 1.29 is 27.9 Å². The SMILES string of the molecule is CCN(C(=O)COc1ccc(Cl)cc1C(=O)O)[C@H]1CCS(=O)(=O)C1. The summed E-state index contributed by atoms with van der Waals surface area (Å²) in [7, 11) is -3.10. The maximum Gasteiger partial charge on any atom is 0.339 e. The number of hydrogen-bond donors (Lipinski definition) is 1. The molecule has 0 aromatic heterocycles. The molecule has 0 bridgehead atoms. The minimum Gasteiger partial charge on any atom is -0.483 e. The van der Waals surface area contributed by atoms with Crippen LogP contribution in [-0.2, 0) is 14.6 Å². The van der Waals surface area contributed by atoms with E-state index in [1.54, 1.807) is 6.92 Å². The third-order valence-corrected chi connectivity index (χ3v) is 5.82. The monoisotopic (exact) mass is 375 g/mol. The van der Waals surface area contributed by atoms with Gasteiger partial charge in [0.05, 0.1) is 11.5 Å². The highest BCUT2D eigenvalue weighted by molar-refractivity contribution is 7.91. The van der Waals surface area contributed by atoms with Gasteiger partial charge in [0.25, 0.3) is 5.91 Å². The summed E-state index contributed by atoms with van der Waals surface area (Å²) in [6.07, 6.45) is 0.406. The zero-order valence-corrected chi connectivity index (χ0v) is 14.6. The molecule has 7 nitrogen and oxygen atoms in total. The van der Waals surface area contributed by atoms with E-state index < -0.39 is 15.8 Å². The van der Waals surface area contributed by atoms with Crippen molar-refractivity contribution in [1.29, 1.82) is 0 Å². The Hall–Kier alpha value is -1.80. The summed E-state index contributed by atoms with van der Waals surface area (Å²) >= 11 is 5.76. The van der Waals surface area contributed by atoms with E-state index in [1.165, 1.54) is 23.1 Å². The van der Waals surface area contributed by atoms with Gasteiger partial charge in [-0.1, -0.05) is 11.6 Å². The highest BCUT2D eigenvalue weighted by Crippen LogP contribution is 2.23. The molecular formula is C15H18ClNO6S. The Bertz CT molecular complexity index is 748. The third-order valence-electron chi connectivity index (χ3n) is 3.83. The minimum atomic E-state index is -3.10. The number of aromatic carboxylic acids is 1. The number of sulfone groups is 1. The summed E-state index contributed by atoms with van der Waals surface area (Å²) in [5.74, 6) is -1.54. The molecule has 0 spiro atoms. The Balaban J connectivity index is 2.06. The van der Waals surface area contributed by atoms with Gasteiger partial charge < -0.3 is 14.7 Å². The van der Waals surface area contributed by atoms with Crippen LogP contribution in [0.25, 0.3) is 0 Å². The van der Waals surface area contributed by atoms with Crippen molar-refractivity contribution in [2.75, 3.05) is 24.7 Å². The smallest absolute Gasteiger partial charge is 0.339 e. The van der Waals surface area contributed by atoms with Crippen molar-refractivity contribution in [3.63, 3.8) is 0 Å². The van der Waals surface area contributed by atoms with Gasteiger partial charge in [0.2, 0.25) is 0 Å². The number of rotatable bonds is 6. The number of likely N-dealkylation sites (N-methyl/N-ethyl adjacent to an activating group) is 1. The second-order valence-electron chi connectivity index (χ2n) is 5.47. The Morgan fingerprint density at radius 2 is 2.12 bits per heavy atom. The van der Waals surface area contributed by atoms with Crippen molar-refractivity contribution in [1.82, 2.24) is 4.90 Å². The molecule has 1 saturated heterocycles. The van der Waals surface area contributed by atoms with E-state index in [0.717, 1.165) is 0 Å². The first-order valence-electron chi connectivity index (χ1n) is 7.39. The molecule has 1 aliphatic heterocycles. The normalized spacial score (nSPS) is 19.0. The Labute approximate surface area is 145 Å². The molecule has 1 N–H and O–H groups in total. The number of carboxylic acids is 1. The second kappa shape index (κ2) is 7.40. The van der Waals surface area contributed by atoms with Crippen LogP contribution in [0.4, 0.5) is 0 Å². The summed E-state index contributed by atoms with van der Waals surface area (Å²) in [6.45, 7) is 1.74. The predicted molar refractivity (Wildman–Crippen MR) is 88.4 cm³/mol. The molecule has 0 saturated carbocycles. The Kier molecular flexibility index (Phi) is 5.71. The molecule has 1 aromatic carbocycles. The largest absolute Gasteiger partial charge is 0.483 e. The van der Waals surface area contributed by atoms with Crippen LogP contribution >= 0.6 is 11.6 Å². The van der Waals surface area contributed by atoms with Crippen LogP contribution < -0.4 is 4.74 Å². The number of nitrogens with zero attached hydrogens (tertiary/aromatic N) is 1. The first-order chi connectivity index (χ1) is 11.2. The molecule has 132 valence electrons. The van der Waals surface area contributed by atoms with Gasteiger partial charge >= 0.3 is 5.97 Å². The number of carbonyl (C=O) groups excluding carboxylic acids is 1. The summed E-state index contributed by atoms with van der Waals surface area (Å²) in [5.41, 5.74) is -0.137. The van der Waals surface area contributed by atoms with Crippen LogP contribution in [0.2, 0.25) is 5.02 Å². The second-order valence-corrected chi connectivity index (χ2v) is 8.14. The van der Waals surface area contributed by atoms with Crippen molar-refractivity contribution in [2.24, 2.45) is 0 Å². The fourth-order valence-electron chi connectivity index (χ4n) is 2.68. The van der Waals surface area contributed by atoms with E-state index in [9.17, 15) is 18.0 Å². The first kappa shape index (κ1) is 18.5. The van der Waals surface area contributed by atoms with Crippen LogP contribution in [0.15, 0.2) is 18.2 Å². The fourth-order valence-corrected chi connectivity index (χ4v) is 4.58. The van der Waals surface area contributed by atoms with Gasteiger partial charge in [-0.2, -0.15) is 0 Å². The van der Waals surface area contributed by atoms with Crippen molar-refractivity contribution in [2.45, 2.75) is 19.4 Å². The summed E-state index contributed by atoms with van der Waals surface area (Å²) in [5, 5.41) is 9.39.